The number of pyridine rings is 1. The molecule has 6 nitrogen and oxygen atoms in total. The van der Waals surface area contributed by atoms with E-state index in [1.807, 2.05) is 20.8 Å². The van der Waals surface area contributed by atoms with Crippen molar-refractivity contribution >= 4 is 16.8 Å². The third-order valence-corrected chi connectivity index (χ3v) is 4.96. The summed E-state index contributed by atoms with van der Waals surface area (Å²) in [5.41, 5.74) is 0.252. The number of ether oxygens (including phenoxy) is 2. The lowest BCUT2D eigenvalue weighted by Gasteiger charge is -2.15. The van der Waals surface area contributed by atoms with Gasteiger partial charge in [-0.2, -0.15) is 0 Å². The normalized spacial score (nSPS) is 13.5. The summed E-state index contributed by atoms with van der Waals surface area (Å²) in [5, 5.41) is -0.691. The maximum Gasteiger partial charge on any atom is 0.321 e. The molecule has 1 N–H and O–H groups in total. The van der Waals surface area contributed by atoms with Gasteiger partial charge in [0.1, 0.15) is 5.25 Å². The summed E-state index contributed by atoms with van der Waals surface area (Å²) in [6.07, 6.45) is 2.70. The van der Waals surface area contributed by atoms with Crippen molar-refractivity contribution in [2.45, 2.75) is 51.5 Å². The Morgan fingerprint density at radius 2 is 2.04 bits per heavy atom. The molecule has 0 aliphatic carbocycles. The molecule has 0 amide bonds. The van der Waals surface area contributed by atoms with Crippen LogP contribution in [-0.4, -0.2) is 33.6 Å². The molecule has 0 spiro atoms. The number of aromatic amines is 1. The van der Waals surface area contributed by atoms with Gasteiger partial charge >= 0.3 is 5.97 Å². The molecule has 2 unspecified atom stereocenters. The van der Waals surface area contributed by atoms with Crippen LogP contribution in [0.3, 0.4) is 0 Å². The number of carbonyl (C=O) groups excluding carboxylic acids is 1. The molecule has 1 rings (SSSR count). The van der Waals surface area contributed by atoms with E-state index in [0.717, 1.165) is 6.42 Å². The van der Waals surface area contributed by atoms with Crippen LogP contribution in [0.1, 0.15) is 46.2 Å². The molecule has 0 aromatic carbocycles. The van der Waals surface area contributed by atoms with Crippen LogP contribution in [0.5, 0.6) is 5.75 Å². The van der Waals surface area contributed by atoms with Crippen LogP contribution in [-0.2, 0) is 26.1 Å². The molecule has 136 valence electrons. The van der Waals surface area contributed by atoms with Crippen molar-refractivity contribution in [3.63, 3.8) is 0 Å². The van der Waals surface area contributed by atoms with Crippen molar-refractivity contribution in [3.05, 3.63) is 28.2 Å². The lowest BCUT2D eigenvalue weighted by molar-refractivity contribution is -0.144. The second-order valence-electron chi connectivity index (χ2n) is 5.98. The Labute approximate surface area is 145 Å². The van der Waals surface area contributed by atoms with Gasteiger partial charge in [0.25, 0.3) is 0 Å². The van der Waals surface area contributed by atoms with Gasteiger partial charge in [-0.15, -0.1) is 0 Å². The number of hydrogen-bond donors (Lipinski definition) is 1. The number of H-pyrrole nitrogens is 1. The van der Waals surface area contributed by atoms with E-state index < -0.39 is 22.0 Å². The molecule has 0 fully saturated rings. The molecule has 0 aliphatic heterocycles. The van der Waals surface area contributed by atoms with Crippen LogP contribution < -0.4 is 10.2 Å². The van der Waals surface area contributed by atoms with Crippen molar-refractivity contribution in [2.75, 3.05) is 13.2 Å². The number of nitrogens with one attached hydrogen (secondary N) is 1. The lowest BCUT2D eigenvalue weighted by Crippen LogP contribution is -2.29. The van der Waals surface area contributed by atoms with Crippen LogP contribution in [0.25, 0.3) is 0 Å². The molecule has 0 radical (unpaired) electrons. The minimum absolute atomic E-state index is 0.0958. The Morgan fingerprint density at radius 1 is 1.33 bits per heavy atom. The van der Waals surface area contributed by atoms with Crippen LogP contribution in [0, 0.1) is 5.92 Å². The summed E-state index contributed by atoms with van der Waals surface area (Å²) in [6.45, 7) is 8.41. The average molecular weight is 357 g/mol. The number of aromatic nitrogens is 1. The monoisotopic (exact) mass is 357 g/mol. The highest BCUT2D eigenvalue weighted by Gasteiger charge is 2.25. The van der Waals surface area contributed by atoms with Crippen LogP contribution in [0.4, 0.5) is 0 Å². The van der Waals surface area contributed by atoms with Gasteiger partial charge in [0.05, 0.1) is 19.0 Å². The second kappa shape index (κ2) is 10.3. The smallest absolute Gasteiger partial charge is 0.321 e. The van der Waals surface area contributed by atoms with Crippen LogP contribution in [0.15, 0.2) is 17.1 Å². The standard InChI is InChI=1S/C17H27NO5S/c1-5-7-22-15-9-18-13(8-14(15)19)11-24(21)16(6-2)17(20)23-10-12(3)4/h8-9,12,16H,5-7,10-11H2,1-4H3,(H,18,19). The molecule has 0 aliphatic rings. The summed E-state index contributed by atoms with van der Waals surface area (Å²) < 4.78 is 22.9. The van der Waals surface area contributed by atoms with Crippen molar-refractivity contribution < 1.29 is 18.5 Å². The molecule has 0 saturated heterocycles. The van der Waals surface area contributed by atoms with E-state index in [1.165, 1.54) is 12.3 Å². The quantitative estimate of drug-likeness (QED) is 0.650. The highest BCUT2D eigenvalue weighted by Crippen LogP contribution is 2.12. The number of esters is 1. The molecule has 0 bridgehead atoms. The van der Waals surface area contributed by atoms with E-state index in [-0.39, 0.29) is 22.8 Å². The van der Waals surface area contributed by atoms with Crippen molar-refractivity contribution in [2.24, 2.45) is 5.92 Å². The topological polar surface area (TPSA) is 85.5 Å². The maximum absolute atomic E-state index is 12.5. The molecule has 2 atom stereocenters. The molecule has 1 aromatic rings. The molecule has 0 saturated carbocycles. The fourth-order valence-electron chi connectivity index (χ4n) is 1.96. The predicted octanol–water partition coefficient (Wildman–Crippen LogP) is 2.39. The Bertz CT molecular complexity index is 611. The summed E-state index contributed by atoms with van der Waals surface area (Å²) >= 11 is 0. The zero-order valence-electron chi connectivity index (χ0n) is 14.8. The first-order valence-electron chi connectivity index (χ1n) is 8.27. The van der Waals surface area contributed by atoms with Gasteiger partial charge < -0.3 is 14.5 Å². The van der Waals surface area contributed by atoms with Gasteiger partial charge in [-0.25, -0.2) is 0 Å². The summed E-state index contributed by atoms with van der Waals surface area (Å²) in [5.74, 6) is 0.120. The third-order valence-electron chi connectivity index (χ3n) is 3.21. The van der Waals surface area contributed by atoms with E-state index in [2.05, 4.69) is 4.98 Å². The Kier molecular flexibility index (Phi) is 8.74. The number of hydrogen-bond acceptors (Lipinski definition) is 5. The third kappa shape index (κ3) is 6.47. The van der Waals surface area contributed by atoms with Crippen LogP contribution >= 0.6 is 0 Å². The molecule has 24 heavy (non-hydrogen) atoms. The molecule has 7 heteroatoms. The van der Waals surface area contributed by atoms with Crippen molar-refractivity contribution in [1.29, 1.82) is 0 Å². The summed E-state index contributed by atoms with van der Waals surface area (Å²) in [7, 11) is -1.46. The SMILES string of the molecule is CCCOc1c[nH]c(CS(=O)C(CC)C(=O)OCC(C)C)cc1=O. The van der Waals surface area contributed by atoms with Gasteiger partial charge in [0.2, 0.25) is 5.43 Å². The summed E-state index contributed by atoms with van der Waals surface area (Å²) in [6, 6.07) is 1.37. The van der Waals surface area contributed by atoms with Gasteiger partial charge in [-0.1, -0.05) is 27.7 Å². The lowest BCUT2D eigenvalue weighted by atomic mass is 10.2. The number of carbonyl (C=O) groups is 1. The maximum atomic E-state index is 12.5. The predicted molar refractivity (Wildman–Crippen MR) is 94.6 cm³/mol. The van der Waals surface area contributed by atoms with E-state index in [0.29, 0.717) is 25.3 Å². The Balaban J connectivity index is 2.72. The van der Waals surface area contributed by atoms with Gasteiger partial charge in [0.15, 0.2) is 5.75 Å². The zero-order chi connectivity index (χ0) is 18.1. The minimum atomic E-state index is -1.46. The van der Waals surface area contributed by atoms with E-state index in [1.54, 1.807) is 6.92 Å². The zero-order valence-corrected chi connectivity index (χ0v) is 15.6. The second-order valence-corrected chi connectivity index (χ2v) is 7.60. The number of rotatable bonds is 10. The van der Waals surface area contributed by atoms with E-state index in [4.69, 9.17) is 9.47 Å². The molecule has 1 aromatic heterocycles. The van der Waals surface area contributed by atoms with Gasteiger partial charge in [-0.3, -0.25) is 13.8 Å². The molecular formula is C17H27NO5S. The van der Waals surface area contributed by atoms with E-state index >= 15 is 0 Å². The van der Waals surface area contributed by atoms with Crippen LogP contribution in [0.2, 0.25) is 0 Å². The largest absolute Gasteiger partial charge is 0.488 e. The highest BCUT2D eigenvalue weighted by molar-refractivity contribution is 7.85. The van der Waals surface area contributed by atoms with Crippen molar-refractivity contribution in [1.82, 2.24) is 4.98 Å². The summed E-state index contributed by atoms with van der Waals surface area (Å²) in [4.78, 5) is 26.9. The first-order chi connectivity index (χ1) is 11.4. The average Bonchev–Trinajstić information content (AvgIpc) is 2.52. The van der Waals surface area contributed by atoms with Crippen molar-refractivity contribution in [3.8, 4) is 5.75 Å². The highest BCUT2D eigenvalue weighted by atomic mass is 32.2. The Hall–Kier alpha value is -1.63. The van der Waals surface area contributed by atoms with Gasteiger partial charge in [-0.05, 0) is 18.8 Å². The first-order valence-corrected chi connectivity index (χ1v) is 9.65. The van der Waals surface area contributed by atoms with E-state index in [9.17, 15) is 13.8 Å². The fourth-order valence-corrected chi connectivity index (χ4v) is 3.29. The molecule has 1 heterocycles. The fraction of sp³-hybridized carbons (Fsp3) is 0.647. The molecular weight excluding hydrogens is 330 g/mol. The minimum Gasteiger partial charge on any atom is -0.488 e. The van der Waals surface area contributed by atoms with Gasteiger partial charge in [0, 0.05) is 28.8 Å². The Morgan fingerprint density at radius 3 is 2.58 bits per heavy atom. The first kappa shape index (κ1) is 20.4.